The fourth-order valence-electron chi connectivity index (χ4n) is 3.51. The van der Waals surface area contributed by atoms with Gasteiger partial charge in [-0.2, -0.15) is 0 Å². The monoisotopic (exact) mass is 471 g/mol. The molecule has 2 amide bonds. The highest BCUT2D eigenvalue weighted by atomic mass is 32.2. The van der Waals surface area contributed by atoms with Gasteiger partial charge in [-0.3, -0.25) is 9.59 Å². The van der Waals surface area contributed by atoms with Crippen molar-refractivity contribution in [1.29, 1.82) is 0 Å². The van der Waals surface area contributed by atoms with Crippen molar-refractivity contribution in [2.24, 2.45) is 5.92 Å². The van der Waals surface area contributed by atoms with Gasteiger partial charge in [-0.25, -0.2) is 14.8 Å². The number of rotatable bonds is 9. The summed E-state index contributed by atoms with van der Waals surface area (Å²) in [4.78, 5) is 46.8. The van der Waals surface area contributed by atoms with E-state index in [1.165, 1.54) is 18.1 Å². The number of nitrogens with one attached hydrogen (secondary N) is 2. The average Bonchev–Trinajstić information content (AvgIpc) is 2.84. The van der Waals surface area contributed by atoms with Crippen LogP contribution in [0.2, 0.25) is 0 Å². The number of esters is 1. The van der Waals surface area contributed by atoms with Gasteiger partial charge in [-0.05, 0) is 51.0 Å². The molecule has 2 heterocycles. The van der Waals surface area contributed by atoms with E-state index in [0.717, 1.165) is 31.7 Å². The predicted molar refractivity (Wildman–Crippen MR) is 127 cm³/mol. The zero-order valence-electron chi connectivity index (χ0n) is 18.9. The van der Waals surface area contributed by atoms with Crippen molar-refractivity contribution in [2.45, 2.75) is 31.7 Å². The summed E-state index contributed by atoms with van der Waals surface area (Å²) in [6.45, 7) is 6.15. The highest BCUT2D eigenvalue weighted by Gasteiger charge is 2.25. The van der Waals surface area contributed by atoms with Gasteiger partial charge in [0.1, 0.15) is 17.2 Å². The number of hydrogen-bond donors (Lipinski definition) is 2. The maximum Gasteiger partial charge on any atom is 0.338 e. The first-order valence-electron chi connectivity index (χ1n) is 11.0. The topological polar surface area (TPSA) is 114 Å². The second kappa shape index (κ2) is 12.2. The van der Waals surface area contributed by atoms with Gasteiger partial charge < -0.3 is 20.3 Å². The maximum atomic E-state index is 12.3. The fraction of sp³-hybridized carbons (Fsp3) is 0.435. The van der Waals surface area contributed by atoms with Crippen molar-refractivity contribution in [1.82, 2.24) is 15.3 Å². The zero-order chi connectivity index (χ0) is 23.6. The van der Waals surface area contributed by atoms with Crippen molar-refractivity contribution < 1.29 is 19.1 Å². The van der Waals surface area contributed by atoms with Crippen LogP contribution >= 0.6 is 11.8 Å². The van der Waals surface area contributed by atoms with E-state index in [1.54, 1.807) is 31.2 Å². The standard InChI is InChI=1S/C23H29N5O4S/c1-3-24-22(30)16-9-11-28(12-10-16)19-13-21(26-15-25-19)33-14-20(29)27-18-7-5-17(6-8-18)23(31)32-4-2/h5-8,13,15-16H,3-4,9-12,14H2,1-2H3,(H,24,30)(H,27,29). The molecule has 1 aliphatic rings. The largest absolute Gasteiger partial charge is 0.462 e. The minimum atomic E-state index is -0.390. The summed E-state index contributed by atoms with van der Waals surface area (Å²) in [5, 5.41) is 6.41. The second-order valence-electron chi connectivity index (χ2n) is 7.51. The molecule has 2 N–H and O–H groups in total. The normalized spacial score (nSPS) is 13.9. The van der Waals surface area contributed by atoms with E-state index in [4.69, 9.17) is 4.74 Å². The number of anilines is 2. The van der Waals surface area contributed by atoms with Crippen LogP contribution in [0.4, 0.5) is 11.5 Å². The van der Waals surface area contributed by atoms with E-state index in [1.807, 2.05) is 13.0 Å². The fourth-order valence-corrected chi connectivity index (χ4v) is 4.17. The average molecular weight is 472 g/mol. The van der Waals surface area contributed by atoms with E-state index in [2.05, 4.69) is 25.5 Å². The van der Waals surface area contributed by atoms with E-state index >= 15 is 0 Å². The highest BCUT2D eigenvalue weighted by Crippen LogP contribution is 2.25. The van der Waals surface area contributed by atoms with Crippen LogP contribution in [-0.4, -0.2) is 59.7 Å². The Hall–Kier alpha value is -3.14. The number of hydrogen-bond acceptors (Lipinski definition) is 8. The molecule has 2 aromatic rings. The van der Waals surface area contributed by atoms with Crippen molar-refractivity contribution in [3.05, 3.63) is 42.2 Å². The quantitative estimate of drug-likeness (QED) is 0.326. The molecule has 1 aliphatic heterocycles. The first-order chi connectivity index (χ1) is 16.0. The Labute approximate surface area is 197 Å². The molecule has 0 atom stereocenters. The summed E-state index contributed by atoms with van der Waals surface area (Å²) in [6, 6.07) is 8.45. The van der Waals surface area contributed by atoms with Crippen LogP contribution in [0.25, 0.3) is 0 Å². The Bertz CT molecular complexity index is 962. The molecule has 9 nitrogen and oxygen atoms in total. The molecule has 10 heteroatoms. The van der Waals surface area contributed by atoms with Crippen molar-refractivity contribution >= 4 is 41.1 Å². The second-order valence-corrected chi connectivity index (χ2v) is 8.50. The highest BCUT2D eigenvalue weighted by molar-refractivity contribution is 7.99. The number of piperidine rings is 1. The van der Waals surface area contributed by atoms with Gasteiger partial charge in [-0.1, -0.05) is 11.8 Å². The molecule has 0 bridgehead atoms. The summed E-state index contributed by atoms with van der Waals surface area (Å²) in [6.07, 6.45) is 3.07. The molecule has 3 rings (SSSR count). The van der Waals surface area contributed by atoms with Crippen LogP contribution in [0.1, 0.15) is 37.0 Å². The number of carbonyl (C=O) groups is 3. The molecule has 0 aliphatic carbocycles. The minimum Gasteiger partial charge on any atom is -0.462 e. The lowest BCUT2D eigenvalue weighted by molar-refractivity contribution is -0.125. The Balaban J connectivity index is 1.48. The van der Waals surface area contributed by atoms with Gasteiger partial charge in [0.15, 0.2) is 0 Å². The van der Waals surface area contributed by atoms with Gasteiger partial charge in [0.2, 0.25) is 11.8 Å². The molecule has 1 saturated heterocycles. The zero-order valence-corrected chi connectivity index (χ0v) is 19.7. The number of amides is 2. The van der Waals surface area contributed by atoms with Crippen LogP contribution in [0.5, 0.6) is 0 Å². The summed E-state index contributed by atoms with van der Waals surface area (Å²) in [5.74, 6) is 0.599. The molecule has 0 unspecified atom stereocenters. The lowest BCUT2D eigenvalue weighted by Crippen LogP contribution is -2.40. The molecule has 0 radical (unpaired) electrons. The van der Waals surface area contributed by atoms with Crippen molar-refractivity contribution in [2.75, 3.05) is 42.2 Å². The third-order valence-corrected chi connectivity index (χ3v) is 6.12. The Morgan fingerprint density at radius 3 is 2.52 bits per heavy atom. The third kappa shape index (κ3) is 7.18. The number of benzene rings is 1. The first kappa shape index (κ1) is 24.5. The summed E-state index contributed by atoms with van der Waals surface area (Å²) in [5.41, 5.74) is 1.04. The number of ether oxygens (including phenoxy) is 1. The Morgan fingerprint density at radius 2 is 1.85 bits per heavy atom. The molecule has 1 aromatic carbocycles. The van der Waals surface area contributed by atoms with E-state index in [-0.39, 0.29) is 29.5 Å². The van der Waals surface area contributed by atoms with Gasteiger partial charge >= 0.3 is 5.97 Å². The Morgan fingerprint density at radius 1 is 1.12 bits per heavy atom. The number of nitrogens with zero attached hydrogens (tertiary/aromatic N) is 3. The third-order valence-electron chi connectivity index (χ3n) is 5.20. The molecule has 176 valence electrons. The number of carbonyl (C=O) groups excluding carboxylic acids is 3. The predicted octanol–water partition coefficient (Wildman–Crippen LogP) is 2.74. The number of thioether (sulfide) groups is 1. The van der Waals surface area contributed by atoms with Crippen LogP contribution < -0.4 is 15.5 Å². The maximum absolute atomic E-state index is 12.3. The van der Waals surface area contributed by atoms with Gasteiger partial charge in [0, 0.05) is 37.3 Å². The van der Waals surface area contributed by atoms with Crippen LogP contribution in [-0.2, 0) is 14.3 Å². The number of aromatic nitrogens is 2. The van der Waals surface area contributed by atoms with Crippen LogP contribution in [0.3, 0.4) is 0 Å². The van der Waals surface area contributed by atoms with Crippen LogP contribution in [0.15, 0.2) is 41.7 Å². The molecule has 0 saturated carbocycles. The van der Waals surface area contributed by atoms with E-state index in [9.17, 15) is 14.4 Å². The van der Waals surface area contributed by atoms with Gasteiger partial charge in [-0.15, -0.1) is 0 Å². The molecular weight excluding hydrogens is 442 g/mol. The lowest BCUT2D eigenvalue weighted by Gasteiger charge is -2.32. The summed E-state index contributed by atoms with van der Waals surface area (Å²) in [7, 11) is 0. The van der Waals surface area contributed by atoms with E-state index < -0.39 is 0 Å². The van der Waals surface area contributed by atoms with E-state index in [0.29, 0.717) is 29.4 Å². The minimum absolute atomic E-state index is 0.0481. The summed E-state index contributed by atoms with van der Waals surface area (Å²) < 4.78 is 4.95. The van der Waals surface area contributed by atoms with Gasteiger partial charge in [0.25, 0.3) is 0 Å². The lowest BCUT2D eigenvalue weighted by atomic mass is 9.96. The molecular formula is C23H29N5O4S. The molecule has 1 aromatic heterocycles. The smallest absolute Gasteiger partial charge is 0.338 e. The Kier molecular flexibility index (Phi) is 9.05. The van der Waals surface area contributed by atoms with Crippen molar-refractivity contribution in [3.63, 3.8) is 0 Å². The first-order valence-corrected chi connectivity index (χ1v) is 12.0. The molecule has 1 fully saturated rings. The SMILES string of the molecule is CCNC(=O)C1CCN(c2cc(SCC(=O)Nc3ccc(C(=O)OCC)cc3)ncn2)CC1. The molecule has 33 heavy (non-hydrogen) atoms. The van der Waals surface area contributed by atoms with Gasteiger partial charge in [0.05, 0.1) is 17.9 Å². The van der Waals surface area contributed by atoms with Crippen molar-refractivity contribution in [3.8, 4) is 0 Å². The van der Waals surface area contributed by atoms with Crippen LogP contribution in [0, 0.1) is 5.92 Å². The molecule has 0 spiro atoms. The summed E-state index contributed by atoms with van der Waals surface area (Å²) >= 11 is 1.32.